The Bertz CT molecular complexity index is 1250. The Kier molecular flexibility index (Phi) is 4.73. The van der Waals surface area contributed by atoms with E-state index >= 15 is 0 Å². The lowest BCUT2D eigenvalue weighted by molar-refractivity contribution is -0.119. The van der Waals surface area contributed by atoms with Crippen LogP contribution in [0.3, 0.4) is 0 Å². The van der Waals surface area contributed by atoms with Crippen LogP contribution in [0.5, 0.6) is 0 Å². The topological polar surface area (TPSA) is 55.2 Å². The Hall–Kier alpha value is -2.99. The molecule has 5 nitrogen and oxygen atoms in total. The summed E-state index contributed by atoms with van der Waals surface area (Å²) in [6.45, 7) is 6.34. The van der Waals surface area contributed by atoms with Gasteiger partial charge in [0, 0.05) is 16.8 Å². The molecule has 0 atom stereocenters. The summed E-state index contributed by atoms with van der Waals surface area (Å²) in [5, 5.41) is 2.72. The Morgan fingerprint density at radius 2 is 1.89 bits per heavy atom. The number of thiophene rings is 1. The number of amides is 1. The Morgan fingerprint density at radius 1 is 1.14 bits per heavy atom. The molecule has 2 aromatic carbocycles. The van der Waals surface area contributed by atoms with Crippen LogP contribution in [0.25, 0.3) is 21.0 Å². The summed E-state index contributed by atoms with van der Waals surface area (Å²) in [5.41, 5.74) is 1.64. The molecular formula is C22H21N3O2S. The summed E-state index contributed by atoms with van der Waals surface area (Å²) >= 11 is 1.51. The number of nitrogens with zero attached hydrogens (tertiary/aromatic N) is 3. The van der Waals surface area contributed by atoms with E-state index in [9.17, 15) is 9.59 Å². The second-order valence-corrected chi connectivity index (χ2v) is 7.98. The maximum absolute atomic E-state index is 13.1. The summed E-state index contributed by atoms with van der Waals surface area (Å²) in [5.74, 6) is -0.133. The molecule has 0 fully saturated rings. The third-order valence-corrected chi connectivity index (χ3v) is 6.25. The first-order valence-electron chi connectivity index (χ1n) is 9.24. The SMILES string of the molecule is CCN(C(=O)Cn1cnc2sc(C)c(C)c2c1=O)c1cccc2ccccc12. The number of carbonyl (C=O) groups is 1. The lowest BCUT2D eigenvalue weighted by atomic mass is 10.1. The maximum Gasteiger partial charge on any atom is 0.262 e. The van der Waals surface area contributed by atoms with Crippen LogP contribution in [0.4, 0.5) is 5.69 Å². The van der Waals surface area contributed by atoms with Gasteiger partial charge >= 0.3 is 0 Å². The fourth-order valence-corrected chi connectivity index (χ4v) is 4.53. The van der Waals surface area contributed by atoms with E-state index < -0.39 is 0 Å². The average Bonchev–Trinajstić information content (AvgIpc) is 2.99. The third kappa shape index (κ3) is 2.99. The minimum atomic E-state index is -0.158. The minimum Gasteiger partial charge on any atom is -0.311 e. The number of rotatable bonds is 4. The molecule has 4 aromatic rings. The summed E-state index contributed by atoms with van der Waals surface area (Å²) in [6, 6.07) is 13.9. The standard InChI is InChI=1S/C22H21N3O2S/c1-4-25(18-11-7-9-16-8-5-6-10-17(16)18)19(26)12-24-13-23-21-20(22(24)27)14(2)15(3)28-21/h5-11,13H,4,12H2,1-3H3. The van der Waals surface area contributed by atoms with Gasteiger partial charge < -0.3 is 4.90 Å². The van der Waals surface area contributed by atoms with Crippen LogP contribution in [0.2, 0.25) is 0 Å². The van der Waals surface area contributed by atoms with E-state index in [0.717, 1.165) is 31.7 Å². The highest BCUT2D eigenvalue weighted by atomic mass is 32.1. The van der Waals surface area contributed by atoms with Crippen molar-refractivity contribution in [1.82, 2.24) is 9.55 Å². The number of likely N-dealkylation sites (N-methyl/N-ethyl adjacent to an activating group) is 1. The van der Waals surface area contributed by atoms with Crippen LogP contribution in [0.15, 0.2) is 53.6 Å². The molecule has 0 aliphatic rings. The number of benzene rings is 2. The Morgan fingerprint density at radius 3 is 2.68 bits per heavy atom. The summed E-state index contributed by atoms with van der Waals surface area (Å²) in [4.78, 5) is 34.0. The lowest BCUT2D eigenvalue weighted by Gasteiger charge is -2.23. The third-order valence-electron chi connectivity index (χ3n) is 5.14. The molecule has 28 heavy (non-hydrogen) atoms. The van der Waals surface area contributed by atoms with Gasteiger partial charge in [0.05, 0.1) is 17.4 Å². The summed E-state index contributed by atoms with van der Waals surface area (Å²) in [6.07, 6.45) is 1.48. The molecule has 2 aromatic heterocycles. The number of fused-ring (bicyclic) bond motifs is 2. The van der Waals surface area contributed by atoms with Crippen LogP contribution in [-0.4, -0.2) is 22.0 Å². The van der Waals surface area contributed by atoms with E-state index in [4.69, 9.17) is 0 Å². The van der Waals surface area contributed by atoms with Gasteiger partial charge in [-0.2, -0.15) is 0 Å². The van der Waals surface area contributed by atoms with E-state index in [0.29, 0.717) is 11.9 Å². The van der Waals surface area contributed by atoms with Crippen molar-refractivity contribution in [2.45, 2.75) is 27.3 Å². The average molecular weight is 391 g/mol. The summed E-state index contributed by atoms with van der Waals surface area (Å²) < 4.78 is 1.41. The molecule has 1 amide bonds. The van der Waals surface area contributed by atoms with E-state index in [-0.39, 0.29) is 18.0 Å². The summed E-state index contributed by atoms with van der Waals surface area (Å²) in [7, 11) is 0. The Balaban J connectivity index is 1.72. The van der Waals surface area contributed by atoms with Crippen molar-refractivity contribution in [3.63, 3.8) is 0 Å². The smallest absolute Gasteiger partial charge is 0.262 e. The molecular weight excluding hydrogens is 370 g/mol. The monoisotopic (exact) mass is 391 g/mol. The first kappa shape index (κ1) is 18.4. The van der Waals surface area contributed by atoms with Gasteiger partial charge in [-0.25, -0.2) is 4.98 Å². The number of aryl methyl sites for hydroxylation is 2. The molecule has 6 heteroatoms. The molecule has 0 aliphatic carbocycles. The molecule has 0 radical (unpaired) electrons. The predicted octanol–water partition coefficient (Wildman–Crippen LogP) is 4.28. The fourth-order valence-electron chi connectivity index (χ4n) is 3.54. The molecule has 2 heterocycles. The minimum absolute atomic E-state index is 0.0346. The fraction of sp³-hybridized carbons (Fsp3) is 0.227. The number of aromatic nitrogens is 2. The van der Waals surface area contributed by atoms with Crippen molar-refractivity contribution >= 4 is 43.9 Å². The molecule has 0 unspecified atom stereocenters. The number of carbonyl (C=O) groups excluding carboxylic acids is 1. The van der Waals surface area contributed by atoms with Gasteiger partial charge in [-0.15, -0.1) is 11.3 Å². The van der Waals surface area contributed by atoms with Gasteiger partial charge in [0.25, 0.3) is 5.56 Å². The zero-order valence-corrected chi connectivity index (χ0v) is 16.9. The molecule has 0 aliphatic heterocycles. The molecule has 0 N–H and O–H groups in total. The number of hydrogen-bond donors (Lipinski definition) is 0. The second kappa shape index (κ2) is 7.20. The van der Waals surface area contributed by atoms with Crippen molar-refractivity contribution in [1.29, 1.82) is 0 Å². The molecule has 0 saturated heterocycles. The highest BCUT2D eigenvalue weighted by molar-refractivity contribution is 7.18. The van der Waals surface area contributed by atoms with E-state index in [1.165, 1.54) is 22.2 Å². The quantitative estimate of drug-likeness (QED) is 0.522. The molecule has 142 valence electrons. The normalized spacial score (nSPS) is 11.2. The van der Waals surface area contributed by atoms with Crippen LogP contribution in [0.1, 0.15) is 17.4 Å². The van der Waals surface area contributed by atoms with Gasteiger partial charge in [-0.1, -0.05) is 36.4 Å². The van der Waals surface area contributed by atoms with Crippen molar-refractivity contribution in [3.05, 3.63) is 69.6 Å². The number of hydrogen-bond acceptors (Lipinski definition) is 4. The highest BCUT2D eigenvalue weighted by Crippen LogP contribution is 2.27. The predicted molar refractivity (Wildman–Crippen MR) is 115 cm³/mol. The maximum atomic E-state index is 13.1. The first-order valence-corrected chi connectivity index (χ1v) is 10.1. The van der Waals surface area contributed by atoms with Crippen molar-refractivity contribution in [3.8, 4) is 0 Å². The van der Waals surface area contributed by atoms with Crippen molar-refractivity contribution in [2.24, 2.45) is 0 Å². The van der Waals surface area contributed by atoms with Gasteiger partial charge in [0.2, 0.25) is 5.91 Å². The van der Waals surface area contributed by atoms with Crippen LogP contribution in [0, 0.1) is 13.8 Å². The zero-order valence-electron chi connectivity index (χ0n) is 16.1. The largest absolute Gasteiger partial charge is 0.311 e. The van der Waals surface area contributed by atoms with Gasteiger partial charge in [-0.05, 0) is 37.8 Å². The first-order chi connectivity index (χ1) is 13.5. The molecule has 0 spiro atoms. The molecule has 0 bridgehead atoms. The van der Waals surface area contributed by atoms with E-state index in [2.05, 4.69) is 4.98 Å². The van der Waals surface area contributed by atoms with Crippen LogP contribution < -0.4 is 10.5 Å². The lowest BCUT2D eigenvalue weighted by Crippen LogP contribution is -2.36. The van der Waals surface area contributed by atoms with E-state index in [1.807, 2.05) is 63.2 Å². The zero-order chi connectivity index (χ0) is 19.8. The highest BCUT2D eigenvalue weighted by Gasteiger charge is 2.19. The van der Waals surface area contributed by atoms with Crippen molar-refractivity contribution in [2.75, 3.05) is 11.4 Å². The van der Waals surface area contributed by atoms with Gasteiger partial charge in [-0.3, -0.25) is 14.2 Å². The van der Waals surface area contributed by atoms with Gasteiger partial charge in [0.15, 0.2) is 0 Å². The Labute approximate surface area is 166 Å². The molecule has 4 rings (SSSR count). The van der Waals surface area contributed by atoms with Crippen molar-refractivity contribution < 1.29 is 4.79 Å². The van der Waals surface area contributed by atoms with Crippen LogP contribution >= 0.6 is 11.3 Å². The number of anilines is 1. The molecule has 0 saturated carbocycles. The van der Waals surface area contributed by atoms with Crippen LogP contribution in [-0.2, 0) is 11.3 Å². The van der Waals surface area contributed by atoms with E-state index in [1.54, 1.807) is 4.90 Å². The second-order valence-electron chi connectivity index (χ2n) is 6.78. The van der Waals surface area contributed by atoms with Gasteiger partial charge in [0.1, 0.15) is 11.4 Å².